The highest BCUT2D eigenvalue weighted by molar-refractivity contribution is 5.52. The van der Waals surface area contributed by atoms with Crippen LogP contribution in [0.5, 0.6) is 0 Å². The van der Waals surface area contributed by atoms with Crippen LogP contribution in [0.15, 0.2) is 78.9 Å². The van der Waals surface area contributed by atoms with Gasteiger partial charge in [0.25, 0.3) is 0 Å². The van der Waals surface area contributed by atoms with Crippen molar-refractivity contribution < 1.29 is 0 Å². The molecule has 0 spiro atoms. The van der Waals surface area contributed by atoms with E-state index in [0.717, 1.165) is 6.42 Å². The van der Waals surface area contributed by atoms with Gasteiger partial charge in [0, 0.05) is 17.3 Å². The lowest BCUT2D eigenvalue weighted by Crippen LogP contribution is -1.98. The van der Waals surface area contributed by atoms with Crippen LogP contribution in [-0.2, 0) is 6.42 Å². The van der Waals surface area contributed by atoms with Gasteiger partial charge in [-0.25, -0.2) is 0 Å². The smallest absolute Gasteiger partial charge is 0.0424 e. The largest absolute Gasteiger partial charge is 0.362 e. The third-order valence-corrected chi connectivity index (χ3v) is 3.92. The van der Waals surface area contributed by atoms with Gasteiger partial charge in [-0.2, -0.15) is 0 Å². The summed E-state index contributed by atoms with van der Waals surface area (Å²) in [5, 5.41) is 0. The van der Waals surface area contributed by atoms with E-state index in [1.807, 2.05) is 6.07 Å². The molecule has 0 aliphatic heterocycles. The molecule has 22 heavy (non-hydrogen) atoms. The van der Waals surface area contributed by atoms with Gasteiger partial charge in [0.15, 0.2) is 0 Å². The monoisotopic (exact) mass is 287 g/mol. The van der Waals surface area contributed by atoms with Crippen LogP contribution in [0.4, 0.5) is 0 Å². The first kappa shape index (κ1) is 14.4. The predicted molar refractivity (Wildman–Crippen MR) is 93.9 cm³/mol. The van der Waals surface area contributed by atoms with Crippen LogP contribution in [0.1, 0.15) is 35.4 Å². The number of hydrogen-bond acceptors (Lipinski definition) is 0. The fourth-order valence-electron chi connectivity index (χ4n) is 2.67. The number of allylic oxidation sites excluding steroid dienone is 1. The van der Waals surface area contributed by atoms with Crippen molar-refractivity contribution in [1.29, 1.82) is 0 Å². The van der Waals surface area contributed by atoms with Crippen molar-refractivity contribution in [3.8, 4) is 0 Å². The van der Waals surface area contributed by atoms with Crippen molar-refractivity contribution >= 4 is 6.08 Å². The van der Waals surface area contributed by atoms with E-state index in [-0.39, 0.29) is 5.92 Å². The van der Waals surface area contributed by atoms with Gasteiger partial charge in [-0.3, -0.25) is 0 Å². The number of aromatic nitrogens is 1. The van der Waals surface area contributed by atoms with Gasteiger partial charge in [0.05, 0.1) is 0 Å². The van der Waals surface area contributed by atoms with Gasteiger partial charge in [0.2, 0.25) is 0 Å². The van der Waals surface area contributed by atoms with Gasteiger partial charge in [-0.05, 0) is 29.7 Å². The van der Waals surface area contributed by atoms with Crippen LogP contribution >= 0.6 is 0 Å². The average Bonchev–Trinajstić information content (AvgIpc) is 3.06. The second-order valence-electron chi connectivity index (χ2n) is 5.45. The third-order valence-electron chi connectivity index (χ3n) is 3.92. The number of nitrogens with one attached hydrogen (secondary N) is 1. The van der Waals surface area contributed by atoms with Gasteiger partial charge in [-0.1, -0.05) is 79.7 Å². The minimum absolute atomic E-state index is 0.252. The van der Waals surface area contributed by atoms with Crippen molar-refractivity contribution in [1.82, 2.24) is 4.98 Å². The van der Waals surface area contributed by atoms with E-state index in [2.05, 4.69) is 90.8 Å². The maximum absolute atomic E-state index is 3.55. The molecule has 0 saturated carbocycles. The van der Waals surface area contributed by atoms with E-state index in [0.29, 0.717) is 0 Å². The zero-order valence-electron chi connectivity index (χ0n) is 12.9. The lowest BCUT2D eigenvalue weighted by Gasteiger charge is -2.12. The van der Waals surface area contributed by atoms with Crippen molar-refractivity contribution in [2.24, 2.45) is 0 Å². The quantitative estimate of drug-likeness (QED) is 0.644. The summed E-state index contributed by atoms with van der Waals surface area (Å²) >= 11 is 0. The molecule has 3 rings (SSSR count). The van der Waals surface area contributed by atoms with Crippen LogP contribution in [0.2, 0.25) is 0 Å². The van der Waals surface area contributed by atoms with E-state index in [1.54, 1.807) is 0 Å². The highest BCUT2D eigenvalue weighted by Crippen LogP contribution is 2.26. The van der Waals surface area contributed by atoms with Gasteiger partial charge >= 0.3 is 0 Å². The zero-order chi connectivity index (χ0) is 15.2. The summed E-state index contributed by atoms with van der Waals surface area (Å²) < 4.78 is 0. The number of aryl methyl sites for hydroxylation is 1. The Morgan fingerprint density at radius 2 is 1.55 bits per heavy atom. The SMILES string of the molecule is CCc1ccc([C@H](/C=C/c2ccccc2)c2ccccc2)[nH]1. The Hall–Kier alpha value is -2.54. The molecule has 110 valence electrons. The predicted octanol–water partition coefficient (Wildman–Crippen LogP) is 5.42. The highest BCUT2D eigenvalue weighted by atomic mass is 14.7. The maximum Gasteiger partial charge on any atom is 0.0424 e. The summed E-state index contributed by atoms with van der Waals surface area (Å²) in [4.78, 5) is 3.55. The van der Waals surface area contributed by atoms with Crippen LogP contribution < -0.4 is 0 Å². The number of rotatable bonds is 5. The topological polar surface area (TPSA) is 15.8 Å². The molecule has 0 unspecified atom stereocenters. The molecule has 1 aromatic heterocycles. The molecule has 1 N–H and O–H groups in total. The zero-order valence-corrected chi connectivity index (χ0v) is 12.9. The Morgan fingerprint density at radius 3 is 2.18 bits per heavy atom. The Labute approximate surface area is 132 Å². The van der Waals surface area contributed by atoms with Crippen molar-refractivity contribution in [2.75, 3.05) is 0 Å². The number of H-pyrrole nitrogens is 1. The molecule has 1 heterocycles. The lowest BCUT2D eigenvalue weighted by molar-refractivity contribution is 0.945. The van der Waals surface area contributed by atoms with Crippen LogP contribution in [-0.4, -0.2) is 4.98 Å². The van der Waals surface area contributed by atoms with Gasteiger partial charge < -0.3 is 4.98 Å². The summed E-state index contributed by atoms with van der Waals surface area (Å²) in [6, 6.07) is 25.5. The molecule has 0 bridgehead atoms. The van der Waals surface area contributed by atoms with E-state index in [1.165, 1.54) is 22.5 Å². The molecular weight excluding hydrogens is 266 g/mol. The summed E-state index contributed by atoms with van der Waals surface area (Å²) in [5.74, 6) is 0.252. The first-order valence-corrected chi connectivity index (χ1v) is 7.83. The second-order valence-corrected chi connectivity index (χ2v) is 5.45. The van der Waals surface area contributed by atoms with Crippen LogP contribution in [0.3, 0.4) is 0 Å². The maximum atomic E-state index is 3.55. The minimum atomic E-state index is 0.252. The molecule has 2 aromatic carbocycles. The molecular formula is C21H21N. The lowest BCUT2D eigenvalue weighted by atomic mass is 9.94. The molecule has 3 aromatic rings. The molecule has 1 nitrogen and oxygen atoms in total. The Kier molecular flexibility index (Phi) is 4.55. The second kappa shape index (κ2) is 6.95. The number of hydrogen-bond donors (Lipinski definition) is 1. The molecule has 0 radical (unpaired) electrons. The van der Waals surface area contributed by atoms with Crippen molar-refractivity contribution in [3.63, 3.8) is 0 Å². The first-order chi connectivity index (χ1) is 10.9. The summed E-state index contributed by atoms with van der Waals surface area (Å²) in [6.45, 7) is 2.17. The first-order valence-electron chi connectivity index (χ1n) is 7.83. The van der Waals surface area contributed by atoms with Crippen LogP contribution in [0.25, 0.3) is 6.08 Å². The molecule has 0 amide bonds. The van der Waals surface area contributed by atoms with Gasteiger partial charge in [-0.15, -0.1) is 0 Å². The molecule has 1 heteroatoms. The summed E-state index contributed by atoms with van der Waals surface area (Å²) in [5.41, 5.74) is 5.06. The number of aromatic amines is 1. The van der Waals surface area contributed by atoms with E-state index < -0.39 is 0 Å². The fourth-order valence-corrected chi connectivity index (χ4v) is 2.67. The van der Waals surface area contributed by atoms with Crippen LogP contribution in [0, 0.1) is 0 Å². The van der Waals surface area contributed by atoms with E-state index in [9.17, 15) is 0 Å². The van der Waals surface area contributed by atoms with E-state index in [4.69, 9.17) is 0 Å². The van der Waals surface area contributed by atoms with Crippen molar-refractivity contribution in [3.05, 3.63) is 101 Å². The Bertz CT molecular complexity index is 723. The molecule has 1 atom stereocenters. The molecule has 0 fully saturated rings. The minimum Gasteiger partial charge on any atom is -0.362 e. The Balaban J connectivity index is 1.94. The highest BCUT2D eigenvalue weighted by Gasteiger charge is 2.12. The van der Waals surface area contributed by atoms with Crippen molar-refractivity contribution in [2.45, 2.75) is 19.3 Å². The summed E-state index contributed by atoms with van der Waals surface area (Å²) in [7, 11) is 0. The average molecular weight is 287 g/mol. The van der Waals surface area contributed by atoms with Gasteiger partial charge in [0.1, 0.15) is 0 Å². The number of benzene rings is 2. The van der Waals surface area contributed by atoms with E-state index >= 15 is 0 Å². The molecule has 0 saturated heterocycles. The Morgan fingerprint density at radius 1 is 0.864 bits per heavy atom. The third kappa shape index (κ3) is 3.37. The normalized spacial score (nSPS) is 12.6. The molecule has 0 aliphatic carbocycles. The molecule has 0 aliphatic rings. The summed E-state index contributed by atoms with van der Waals surface area (Å²) in [6.07, 6.45) is 5.50. The standard InChI is InChI=1S/C21H21N/c1-2-19-14-16-21(22-19)20(18-11-7-4-8-12-18)15-13-17-9-5-3-6-10-17/h3-16,20,22H,2H2,1H3/b15-13+/t20-/m1/s1. The fraction of sp³-hybridized carbons (Fsp3) is 0.143.